The molecule has 8 nitrogen and oxygen atoms in total. The number of tetrazole rings is 1. The predicted octanol–water partition coefficient (Wildman–Crippen LogP) is 3.86. The van der Waals surface area contributed by atoms with Crippen LogP contribution in [-0.2, 0) is 11.3 Å². The van der Waals surface area contributed by atoms with E-state index in [0.717, 1.165) is 20.8 Å². The van der Waals surface area contributed by atoms with Gasteiger partial charge in [-0.25, -0.2) is 4.98 Å². The zero-order chi connectivity index (χ0) is 21.0. The van der Waals surface area contributed by atoms with Gasteiger partial charge in [0.1, 0.15) is 16.5 Å². The summed E-state index contributed by atoms with van der Waals surface area (Å²) in [7, 11) is 0. The maximum atomic E-state index is 13.2. The molecule has 3 heterocycles. The lowest BCUT2D eigenvalue weighted by Gasteiger charge is -2.09. The van der Waals surface area contributed by atoms with Crippen molar-refractivity contribution in [2.24, 2.45) is 0 Å². The molecule has 0 aliphatic carbocycles. The van der Waals surface area contributed by atoms with Crippen LogP contribution in [0.5, 0.6) is 0 Å². The normalized spacial score (nSPS) is 11.7. The number of aromatic nitrogens is 5. The summed E-state index contributed by atoms with van der Waals surface area (Å²) in [5, 5.41) is 15.7. The van der Waals surface area contributed by atoms with Crippen molar-refractivity contribution in [3.8, 4) is 11.4 Å². The van der Waals surface area contributed by atoms with Gasteiger partial charge in [-0.3, -0.25) is 4.79 Å². The molecule has 0 saturated carbocycles. The molecule has 0 saturated heterocycles. The summed E-state index contributed by atoms with van der Waals surface area (Å²) in [5.74, 6) is 0.619. The largest absolute Gasteiger partial charge is 0.465 e. The highest BCUT2D eigenvalue weighted by molar-refractivity contribution is 7.18. The van der Waals surface area contributed by atoms with Crippen molar-refractivity contribution in [2.45, 2.75) is 6.54 Å². The molecule has 31 heavy (non-hydrogen) atoms. The average Bonchev–Trinajstić information content (AvgIpc) is 3.56. The number of amides is 1. The Labute approximate surface area is 180 Å². The number of fused-ring (bicyclic) bond motifs is 1. The van der Waals surface area contributed by atoms with Gasteiger partial charge in [0.15, 0.2) is 5.82 Å². The molecular formula is C22H16N6O2S. The number of furan rings is 1. The molecule has 152 valence electrons. The molecule has 5 rings (SSSR count). The molecule has 2 aromatic carbocycles. The number of thiazole rings is 1. The van der Waals surface area contributed by atoms with Crippen LogP contribution in [0.15, 0.2) is 77.4 Å². The van der Waals surface area contributed by atoms with Crippen LogP contribution in [0.2, 0.25) is 0 Å². The molecule has 0 aliphatic rings. The Morgan fingerprint density at radius 3 is 2.71 bits per heavy atom. The van der Waals surface area contributed by atoms with E-state index in [2.05, 4.69) is 25.8 Å². The monoisotopic (exact) mass is 428 g/mol. The van der Waals surface area contributed by atoms with E-state index in [4.69, 9.17) is 4.42 Å². The Morgan fingerprint density at radius 2 is 1.90 bits per heavy atom. The number of benzene rings is 2. The van der Waals surface area contributed by atoms with E-state index in [-0.39, 0.29) is 18.1 Å². The fourth-order valence-corrected chi connectivity index (χ4v) is 4.00. The molecule has 0 atom stereocenters. The van der Waals surface area contributed by atoms with Crippen LogP contribution in [0.1, 0.15) is 10.8 Å². The zero-order valence-corrected chi connectivity index (χ0v) is 17.0. The second-order valence-electron chi connectivity index (χ2n) is 6.58. The van der Waals surface area contributed by atoms with Crippen LogP contribution < -0.4 is 5.32 Å². The Bertz CT molecular complexity index is 1320. The fraction of sp³-hybridized carbons (Fsp3) is 0.0455. The Morgan fingerprint density at radius 1 is 1.06 bits per heavy atom. The van der Waals surface area contributed by atoms with Gasteiger partial charge in [-0.2, -0.15) is 4.68 Å². The highest BCUT2D eigenvalue weighted by Gasteiger charge is 2.20. The van der Waals surface area contributed by atoms with Gasteiger partial charge in [-0.05, 0) is 34.7 Å². The van der Waals surface area contributed by atoms with E-state index in [1.807, 2.05) is 54.6 Å². The first kappa shape index (κ1) is 18.9. The van der Waals surface area contributed by atoms with E-state index in [1.165, 1.54) is 4.68 Å². The van der Waals surface area contributed by atoms with Gasteiger partial charge in [-0.15, -0.1) is 16.4 Å². The molecule has 5 aromatic rings. The van der Waals surface area contributed by atoms with Crippen molar-refractivity contribution in [2.75, 3.05) is 0 Å². The molecule has 1 N–H and O–H groups in total. The van der Waals surface area contributed by atoms with Crippen molar-refractivity contribution >= 4 is 39.2 Å². The first-order valence-corrected chi connectivity index (χ1v) is 10.3. The van der Waals surface area contributed by atoms with Gasteiger partial charge in [0.2, 0.25) is 0 Å². The number of nitrogens with zero attached hydrogens (tertiary/aromatic N) is 5. The van der Waals surface area contributed by atoms with Crippen LogP contribution >= 0.6 is 11.3 Å². The minimum Gasteiger partial charge on any atom is -0.465 e. The topological polar surface area (TPSA) is 98.7 Å². The number of nitrogens with one attached hydrogen (secondary N) is 1. The molecule has 0 bridgehead atoms. The summed E-state index contributed by atoms with van der Waals surface area (Å²) in [6.07, 6.45) is 3.15. The lowest BCUT2D eigenvalue weighted by Crippen LogP contribution is -2.27. The van der Waals surface area contributed by atoms with Crippen molar-refractivity contribution in [1.82, 2.24) is 30.5 Å². The minimum absolute atomic E-state index is 0.236. The van der Waals surface area contributed by atoms with Crippen LogP contribution in [-0.4, -0.2) is 31.1 Å². The summed E-state index contributed by atoms with van der Waals surface area (Å²) >= 11 is 1.54. The number of rotatable bonds is 6. The van der Waals surface area contributed by atoms with Gasteiger partial charge in [0, 0.05) is 11.6 Å². The van der Waals surface area contributed by atoms with Crippen molar-refractivity contribution < 1.29 is 9.21 Å². The van der Waals surface area contributed by atoms with Gasteiger partial charge in [0.25, 0.3) is 5.91 Å². The third-order valence-corrected chi connectivity index (χ3v) is 5.56. The second-order valence-corrected chi connectivity index (χ2v) is 7.70. The third-order valence-electron chi connectivity index (χ3n) is 4.52. The molecule has 0 spiro atoms. The molecule has 3 aromatic heterocycles. The molecule has 0 unspecified atom stereocenters. The first-order chi connectivity index (χ1) is 15.3. The lowest BCUT2D eigenvalue weighted by molar-refractivity contribution is -0.116. The molecular weight excluding hydrogens is 412 g/mol. The SMILES string of the molecule is O=C(NCc1nc2ccccc2s1)/C(=C/c1ccco1)n1nnnc1-c1ccccc1. The molecule has 0 aliphatic heterocycles. The third kappa shape index (κ3) is 3.99. The Kier molecular flexibility index (Phi) is 5.07. The summed E-state index contributed by atoms with van der Waals surface area (Å²) in [4.78, 5) is 17.7. The summed E-state index contributed by atoms with van der Waals surface area (Å²) in [5.41, 5.74) is 1.94. The van der Waals surface area contributed by atoms with E-state index in [1.54, 1.807) is 35.8 Å². The smallest absolute Gasteiger partial charge is 0.270 e. The van der Waals surface area contributed by atoms with Crippen LogP contribution in [0, 0.1) is 0 Å². The molecule has 0 fully saturated rings. The molecule has 9 heteroatoms. The first-order valence-electron chi connectivity index (χ1n) is 9.50. The second kappa shape index (κ2) is 8.33. The van der Waals surface area contributed by atoms with Crippen LogP contribution in [0.3, 0.4) is 0 Å². The Hall–Kier alpha value is -4.11. The average molecular weight is 428 g/mol. The van der Waals surface area contributed by atoms with Crippen molar-refractivity contribution in [3.05, 3.63) is 83.8 Å². The highest BCUT2D eigenvalue weighted by atomic mass is 32.1. The standard InChI is InChI=1S/C22H16N6O2S/c29-22(23-14-20-24-17-10-4-5-11-19(17)31-20)18(13-16-9-6-12-30-16)28-21(25-26-27-28)15-7-2-1-3-8-15/h1-13H,14H2,(H,23,29)/b18-13-. The van der Waals surface area contributed by atoms with Crippen LogP contribution in [0.4, 0.5) is 0 Å². The molecule has 1 amide bonds. The van der Waals surface area contributed by atoms with Crippen molar-refractivity contribution in [3.63, 3.8) is 0 Å². The van der Waals surface area contributed by atoms with Gasteiger partial charge >= 0.3 is 0 Å². The number of carbonyl (C=O) groups excluding carboxylic acids is 1. The lowest BCUT2D eigenvalue weighted by atomic mass is 10.2. The molecule has 0 radical (unpaired) electrons. The van der Waals surface area contributed by atoms with E-state index >= 15 is 0 Å². The van der Waals surface area contributed by atoms with Gasteiger partial charge < -0.3 is 9.73 Å². The number of hydrogen-bond acceptors (Lipinski definition) is 7. The Balaban J connectivity index is 1.46. The van der Waals surface area contributed by atoms with E-state index in [0.29, 0.717) is 11.6 Å². The number of carbonyl (C=O) groups is 1. The zero-order valence-electron chi connectivity index (χ0n) is 16.2. The van der Waals surface area contributed by atoms with E-state index < -0.39 is 0 Å². The fourth-order valence-electron chi connectivity index (χ4n) is 3.09. The van der Waals surface area contributed by atoms with Crippen LogP contribution in [0.25, 0.3) is 33.4 Å². The number of para-hydroxylation sites is 1. The minimum atomic E-state index is -0.347. The maximum absolute atomic E-state index is 13.2. The van der Waals surface area contributed by atoms with E-state index in [9.17, 15) is 4.79 Å². The summed E-state index contributed by atoms with van der Waals surface area (Å²) < 4.78 is 7.89. The van der Waals surface area contributed by atoms with Crippen molar-refractivity contribution in [1.29, 1.82) is 0 Å². The summed E-state index contributed by atoms with van der Waals surface area (Å²) in [6, 6.07) is 20.8. The summed E-state index contributed by atoms with van der Waals surface area (Å²) in [6.45, 7) is 0.288. The predicted molar refractivity (Wildman–Crippen MR) is 118 cm³/mol. The maximum Gasteiger partial charge on any atom is 0.270 e. The van der Waals surface area contributed by atoms with Gasteiger partial charge in [0.05, 0.1) is 23.0 Å². The van der Waals surface area contributed by atoms with Gasteiger partial charge in [-0.1, -0.05) is 42.5 Å². The highest BCUT2D eigenvalue weighted by Crippen LogP contribution is 2.23. The number of hydrogen-bond donors (Lipinski definition) is 1. The quantitative estimate of drug-likeness (QED) is 0.413.